The van der Waals surface area contributed by atoms with Crippen LogP contribution in [0.1, 0.15) is 28.7 Å². The largest absolute Gasteiger partial charge is 0.462 e. The molecule has 7 nitrogen and oxygen atoms in total. The Hall–Kier alpha value is -3.38. The number of nitrogens with zero attached hydrogens (tertiary/aromatic N) is 2. The molecule has 2 rings (SSSR count). The van der Waals surface area contributed by atoms with Gasteiger partial charge in [-0.3, -0.25) is 10.1 Å². The van der Waals surface area contributed by atoms with E-state index in [0.29, 0.717) is 0 Å². The number of rotatable bonds is 5. The van der Waals surface area contributed by atoms with Gasteiger partial charge in [-0.25, -0.2) is 9.78 Å². The third kappa shape index (κ3) is 5.12. The van der Waals surface area contributed by atoms with E-state index in [4.69, 9.17) is 4.74 Å². The molecule has 0 bridgehead atoms. The summed E-state index contributed by atoms with van der Waals surface area (Å²) in [6.45, 7) is 0.910. The number of carbonyl (C=O) groups is 1. The molecule has 0 atom stereocenters. The molecule has 0 saturated carbocycles. The Kier molecular flexibility index (Phi) is 5.99. The van der Waals surface area contributed by atoms with E-state index >= 15 is 0 Å². The summed E-state index contributed by atoms with van der Waals surface area (Å²) < 4.78 is 88.5. The van der Waals surface area contributed by atoms with Gasteiger partial charge in [0.15, 0.2) is 5.69 Å². The van der Waals surface area contributed by atoms with E-state index in [9.17, 15) is 41.3 Å². The van der Waals surface area contributed by atoms with Gasteiger partial charge in [0.05, 0.1) is 11.5 Å². The smallest absolute Gasteiger partial charge is 0.434 e. The molecule has 29 heavy (non-hydrogen) atoms. The van der Waals surface area contributed by atoms with Gasteiger partial charge in [0.2, 0.25) is 0 Å². The highest BCUT2D eigenvalue weighted by Crippen LogP contribution is 2.40. The van der Waals surface area contributed by atoms with E-state index in [1.54, 1.807) is 0 Å². The first-order chi connectivity index (χ1) is 13.3. The summed E-state index contributed by atoms with van der Waals surface area (Å²) >= 11 is 0. The number of pyridine rings is 1. The van der Waals surface area contributed by atoms with Gasteiger partial charge in [0.1, 0.15) is 22.8 Å². The van der Waals surface area contributed by atoms with Crippen LogP contribution in [-0.2, 0) is 17.1 Å². The Morgan fingerprint density at radius 2 is 1.69 bits per heavy atom. The van der Waals surface area contributed by atoms with Crippen molar-refractivity contribution >= 4 is 11.7 Å². The van der Waals surface area contributed by atoms with Crippen LogP contribution in [0.15, 0.2) is 30.3 Å². The second-order valence-corrected chi connectivity index (χ2v) is 5.30. The number of alkyl halides is 6. The van der Waals surface area contributed by atoms with Crippen molar-refractivity contribution in [1.29, 1.82) is 0 Å². The van der Waals surface area contributed by atoms with Crippen LogP contribution in [0.5, 0.6) is 11.5 Å². The van der Waals surface area contributed by atoms with Gasteiger partial charge in [-0.05, 0) is 19.1 Å². The molecule has 1 heterocycles. The highest BCUT2D eigenvalue weighted by atomic mass is 19.4. The lowest BCUT2D eigenvalue weighted by Gasteiger charge is -2.18. The van der Waals surface area contributed by atoms with Crippen molar-refractivity contribution in [2.75, 3.05) is 6.61 Å². The first kappa shape index (κ1) is 21.9. The van der Waals surface area contributed by atoms with Crippen LogP contribution >= 0.6 is 0 Å². The van der Waals surface area contributed by atoms with E-state index in [0.717, 1.165) is 24.3 Å². The molecule has 0 aliphatic rings. The number of nitro groups is 1. The van der Waals surface area contributed by atoms with E-state index < -0.39 is 51.6 Å². The average Bonchev–Trinajstić information content (AvgIpc) is 2.60. The highest BCUT2D eigenvalue weighted by Gasteiger charge is 2.44. The first-order valence-electron chi connectivity index (χ1n) is 7.63. The third-order valence-electron chi connectivity index (χ3n) is 3.30. The zero-order chi connectivity index (χ0) is 22.0. The van der Waals surface area contributed by atoms with Crippen molar-refractivity contribution in [2.24, 2.45) is 0 Å². The summed E-state index contributed by atoms with van der Waals surface area (Å²) in [4.78, 5) is 24.4. The van der Waals surface area contributed by atoms with Crippen molar-refractivity contribution in [1.82, 2.24) is 4.98 Å². The lowest BCUT2D eigenvalue weighted by molar-refractivity contribution is -0.384. The van der Waals surface area contributed by atoms with Crippen LogP contribution in [0, 0.1) is 10.1 Å². The molecule has 0 aliphatic carbocycles. The van der Waals surface area contributed by atoms with Crippen molar-refractivity contribution in [3.63, 3.8) is 0 Å². The lowest BCUT2D eigenvalue weighted by Crippen LogP contribution is -2.21. The molecule has 1 aromatic heterocycles. The Labute approximate surface area is 158 Å². The molecule has 0 radical (unpaired) electrons. The second kappa shape index (κ2) is 7.93. The van der Waals surface area contributed by atoms with Crippen LogP contribution in [0.2, 0.25) is 0 Å². The Bertz CT molecular complexity index is 925. The molecule has 0 aliphatic heterocycles. The Morgan fingerprint density at radius 1 is 1.10 bits per heavy atom. The number of non-ortho nitro benzene ring substituents is 1. The number of carbonyl (C=O) groups excluding carboxylic acids is 1. The lowest BCUT2D eigenvalue weighted by atomic mass is 10.1. The number of nitro benzene ring substituents is 1. The van der Waals surface area contributed by atoms with Gasteiger partial charge in [-0.2, -0.15) is 26.3 Å². The number of halogens is 6. The van der Waals surface area contributed by atoms with Gasteiger partial charge < -0.3 is 9.47 Å². The number of hydrogen-bond donors (Lipinski definition) is 0. The number of benzene rings is 1. The van der Waals surface area contributed by atoms with Gasteiger partial charge in [0, 0.05) is 18.2 Å². The molecule has 1 aromatic carbocycles. The number of esters is 1. The van der Waals surface area contributed by atoms with Crippen molar-refractivity contribution in [3.05, 3.63) is 57.4 Å². The number of ether oxygens (including phenoxy) is 2. The maximum absolute atomic E-state index is 13.3. The van der Waals surface area contributed by atoms with Crippen LogP contribution < -0.4 is 4.74 Å². The fourth-order valence-corrected chi connectivity index (χ4v) is 2.12. The molecular formula is C16H10F6N2O5. The molecule has 0 spiro atoms. The van der Waals surface area contributed by atoms with Crippen LogP contribution in [0.3, 0.4) is 0 Å². The quantitative estimate of drug-likeness (QED) is 0.291. The normalized spacial score (nSPS) is 11.8. The minimum absolute atomic E-state index is 0.114. The molecule has 0 fully saturated rings. The SMILES string of the molecule is CCOC(=O)c1c(Oc2ccc([N+](=O)[O-])cc2)cc(C(F)(F)F)nc1C(F)(F)F. The Morgan fingerprint density at radius 3 is 2.14 bits per heavy atom. The molecule has 13 heteroatoms. The zero-order valence-electron chi connectivity index (χ0n) is 14.3. The molecule has 156 valence electrons. The molecule has 0 N–H and O–H groups in total. The van der Waals surface area contributed by atoms with Crippen LogP contribution in [-0.4, -0.2) is 22.5 Å². The van der Waals surface area contributed by atoms with Gasteiger partial charge >= 0.3 is 18.3 Å². The molecule has 0 amide bonds. The van der Waals surface area contributed by atoms with Gasteiger partial charge in [-0.1, -0.05) is 0 Å². The Balaban J connectivity index is 2.68. The summed E-state index contributed by atoms with van der Waals surface area (Å²) in [6.07, 6.45) is -10.7. The maximum Gasteiger partial charge on any atom is 0.434 e. The van der Waals surface area contributed by atoms with Crippen LogP contribution in [0.25, 0.3) is 0 Å². The monoisotopic (exact) mass is 424 g/mol. The minimum Gasteiger partial charge on any atom is -0.462 e. The predicted octanol–water partition coefficient (Wildman–Crippen LogP) is 5.00. The fourth-order valence-electron chi connectivity index (χ4n) is 2.12. The summed E-state index contributed by atoms with van der Waals surface area (Å²) in [5.41, 5.74) is -5.84. The van der Waals surface area contributed by atoms with E-state index in [-0.39, 0.29) is 18.4 Å². The zero-order valence-corrected chi connectivity index (χ0v) is 14.3. The molecule has 0 saturated heterocycles. The molecule has 2 aromatic rings. The standard InChI is InChI=1S/C16H10F6N2O5/c1-2-28-14(25)12-10(29-9-5-3-8(4-6-9)24(26)27)7-11(15(17,18)19)23-13(12)16(20,21)22/h3-7H,2H2,1H3. The van der Waals surface area contributed by atoms with E-state index in [1.165, 1.54) is 6.92 Å². The average molecular weight is 424 g/mol. The van der Waals surface area contributed by atoms with Crippen molar-refractivity contribution < 1.29 is 45.5 Å². The van der Waals surface area contributed by atoms with E-state index in [2.05, 4.69) is 9.72 Å². The number of aromatic nitrogens is 1. The van der Waals surface area contributed by atoms with Crippen molar-refractivity contribution in [3.8, 4) is 11.5 Å². The first-order valence-corrected chi connectivity index (χ1v) is 7.63. The van der Waals surface area contributed by atoms with Gasteiger partial charge in [0.25, 0.3) is 5.69 Å². The second-order valence-electron chi connectivity index (χ2n) is 5.30. The summed E-state index contributed by atoms with van der Waals surface area (Å²) in [5.74, 6) is -3.07. The van der Waals surface area contributed by atoms with Crippen molar-refractivity contribution in [2.45, 2.75) is 19.3 Å². The fraction of sp³-hybridized carbons (Fsp3) is 0.250. The highest BCUT2D eigenvalue weighted by molar-refractivity contribution is 5.94. The molecular weight excluding hydrogens is 414 g/mol. The van der Waals surface area contributed by atoms with Crippen LogP contribution in [0.4, 0.5) is 32.0 Å². The summed E-state index contributed by atoms with van der Waals surface area (Å²) in [5, 5.41) is 10.6. The predicted molar refractivity (Wildman–Crippen MR) is 83.4 cm³/mol. The number of hydrogen-bond acceptors (Lipinski definition) is 6. The third-order valence-corrected chi connectivity index (χ3v) is 3.30. The topological polar surface area (TPSA) is 91.6 Å². The minimum atomic E-state index is -5.43. The summed E-state index contributed by atoms with van der Waals surface area (Å²) in [7, 11) is 0. The van der Waals surface area contributed by atoms with E-state index in [1.807, 2.05) is 0 Å². The summed E-state index contributed by atoms with van der Waals surface area (Å²) in [6, 6.07) is 3.82. The van der Waals surface area contributed by atoms with Gasteiger partial charge in [-0.15, -0.1) is 0 Å². The molecule has 0 unspecified atom stereocenters. The maximum atomic E-state index is 13.3.